The predicted molar refractivity (Wildman–Crippen MR) is 68.2 cm³/mol. The van der Waals surface area contributed by atoms with Crippen molar-refractivity contribution < 1.29 is 9.84 Å². The normalized spacial score (nSPS) is 16.8. The first-order valence-electron chi connectivity index (χ1n) is 6.44. The second-order valence-electron chi connectivity index (χ2n) is 4.62. The lowest BCUT2D eigenvalue weighted by Crippen LogP contribution is -2.23. The second-order valence-corrected chi connectivity index (χ2v) is 4.62. The van der Waals surface area contributed by atoms with Crippen molar-refractivity contribution in [2.24, 2.45) is 0 Å². The molecule has 1 aromatic carbocycles. The maximum absolute atomic E-state index is 9.96. The summed E-state index contributed by atoms with van der Waals surface area (Å²) in [5.41, 5.74) is 0.946. The van der Waals surface area contributed by atoms with Gasteiger partial charge in [-0.2, -0.15) is 0 Å². The van der Waals surface area contributed by atoms with Gasteiger partial charge in [0.15, 0.2) is 0 Å². The van der Waals surface area contributed by atoms with Gasteiger partial charge in [-0.25, -0.2) is 0 Å². The molecule has 0 amide bonds. The van der Waals surface area contributed by atoms with Gasteiger partial charge >= 0.3 is 0 Å². The van der Waals surface area contributed by atoms with Crippen LogP contribution in [0.1, 0.15) is 37.9 Å². The molecule has 0 heterocycles. The van der Waals surface area contributed by atoms with Crippen molar-refractivity contribution in [1.82, 2.24) is 5.32 Å². The Bertz CT molecular complexity index is 333. The van der Waals surface area contributed by atoms with Gasteiger partial charge in [0, 0.05) is 12.6 Å². The van der Waals surface area contributed by atoms with Gasteiger partial charge in [-0.05, 0) is 37.0 Å². The highest BCUT2D eigenvalue weighted by Crippen LogP contribution is 2.21. The summed E-state index contributed by atoms with van der Waals surface area (Å²) < 4.78 is 5.50. The number of hydrogen-bond donors (Lipinski definition) is 2. The van der Waals surface area contributed by atoms with E-state index in [2.05, 4.69) is 12.2 Å². The summed E-state index contributed by atoms with van der Waals surface area (Å²) in [5, 5.41) is 13.3. The highest BCUT2D eigenvalue weighted by atomic mass is 16.5. The topological polar surface area (TPSA) is 41.5 Å². The van der Waals surface area contributed by atoms with E-state index in [0.717, 1.165) is 24.3 Å². The van der Waals surface area contributed by atoms with Crippen LogP contribution in [0.5, 0.6) is 5.75 Å². The van der Waals surface area contributed by atoms with E-state index in [-0.39, 0.29) is 0 Å². The van der Waals surface area contributed by atoms with Crippen LogP contribution in [0.25, 0.3) is 0 Å². The molecule has 3 heteroatoms. The highest BCUT2D eigenvalue weighted by Gasteiger charge is 2.21. The molecule has 0 saturated heterocycles. The van der Waals surface area contributed by atoms with E-state index < -0.39 is 6.10 Å². The van der Waals surface area contributed by atoms with E-state index >= 15 is 0 Å². The number of rotatable bonds is 7. The fourth-order valence-corrected chi connectivity index (χ4v) is 1.69. The smallest absolute Gasteiger partial charge is 0.119 e. The number of aliphatic hydroxyl groups is 1. The first-order chi connectivity index (χ1) is 8.29. The first kappa shape index (κ1) is 12.4. The van der Waals surface area contributed by atoms with Crippen molar-refractivity contribution in [3.8, 4) is 5.75 Å². The molecule has 0 spiro atoms. The van der Waals surface area contributed by atoms with Crippen molar-refractivity contribution in [1.29, 1.82) is 0 Å². The second kappa shape index (κ2) is 6.03. The third kappa shape index (κ3) is 4.02. The molecular weight excluding hydrogens is 214 g/mol. The Balaban J connectivity index is 1.82. The summed E-state index contributed by atoms with van der Waals surface area (Å²) in [5.74, 6) is 0.873. The number of ether oxygens (including phenoxy) is 1. The molecule has 17 heavy (non-hydrogen) atoms. The molecule has 1 aromatic rings. The Morgan fingerprint density at radius 2 is 2.06 bits per heavy atom. The van der Waals surface area contributed by atoms with Gasteiger partial charge in [0.1, 0.15) is 5.75 Å². The van der Waals surface area contributed by atoms with Gasteiger partial charge in [0.2, 0.25) is 0 Å². The molecule has 0 aliphatic heterocycles. The molecule has 2 N–H and O–H groups in total. The minimum absolute atomic E-state index is 0.421. The summed E-state index contributed by atoms with van der Waals surface area (Å²) in [6.45, 7) is 3.46. The molecule has 1 aliphatic carbocycles. The SMILES string of the molecule is CCCOc1ccc(C(O)CNC2CC2)cc1. The van der Waals surface area contributed by atoms with Crippen LogP contribution < -0.4 is 10.1 Å². The third-order valence-electron chi connectivity index (χ3n) is 2.91. The van der Waals surface area contributed by atoms with Crippen LogP contribution in [-0.2, 0) is 0 Å². The molecule has 1 aliphatic rings. The van der Waals surface area contributed by atoms with E-state index in [1.165, 1.54) is 12.8 Å². The average molecular weight is 235 g/mol. The summed E-state index contributed by atoms with van der Waals surface area (Å²) in [7, 11) is 0. The summed E-state index contributed by atoms with van der Waals surface area (Å²) in [6, 6.07) is 8.35. The molecule has 1 atom stereocenters. The Morgan fingerprint density at radius 3 is 2.65 bits per heavy atom. The van der Waals surface area contributed by atoms with E-state index in [0.29, 0.717) is 12.6 Å². The monoisotopic (exact) mass is 235 g/mol. The molecule has 94 valence electrons. The number of aliphatic hydroxyl groups excluding tert-OH is 1. The van der Waals surface area contributed by atoms with Crippen molar-refractivity contribution >= 4 is 0 Å². The van der Waals surface area contributed by atoms with Crippen LogP contribution in [0.4, 0.5) is 0 Å². The Labute approximate surface area is 103 Å². The Kier molecular flexibility index (Phi) is 4.40. The Hall–Kier alpha value is -1.06. The van der Waals surface area contributed by atoms with Crippen molar-refractivity contribution in [3.63, 3.8) is 0 Å². The van der Waals surface area contributed by atoms with Gasteiger partial charge in [-0.3, -0.25) is 0 Å². The number of nitrogens with one attached hydrogen (secondary N) is 1. The van der Waals surface area contributed by atoms with Crippen LogP contribution in [0.2, 0.25) is 0 Å². The molecule has 0 aromatic heterocycles. The maximum atomic E-state index is 9.96. The lowest BCUT2D eigenvalue weighted by Gasteiger charge is -2.12. The van der Waals surface area contributed by atoms with Gasteiger partial charge in [-0.1, -0.05) is 19.1 Å². The third-order valence-corrected chi connectivity index (χ3v) is 2.91. The molecule has 2 rings (SSSR count). The molecule has 1 saturated carbocycles. The van der Waals surface area contributed by atoms with Crippen molar-refractivity contribution in [2.75, 3.05) is 13.2 Å². The average Bonchev–Trinajstić information content (AvgIpc) is 3.18. The fourth-order valence-electron chi connectivity index (χ4n) is 1.69. The van der Waals surface area contributed by atoms with Gasteiger partial charge in [-0.15, -0.1) is 0 Å². The zero-order valence-corrected chi connectivity index (χ0v) is 10.4. The molecule has 1 unspecified atom stereocenters. The predicted octanol–water partition coefficient (Wildman–Crippen LogP) is 2.26. The number of benzene rings is 1. The van der Waals surface area contributed by atoms with Crippen molar-refractivity contribution in [3.05, 3.63) is 29.8 Å². The van der Waals surface area contributed by atoms with Crippen LogP contribution in [-0.4, -0.2) is 24.3 Å². The fraction of sp³-hybridized carbons (Fsp3) is 0.571. The van der Waals surface area contributed by atoms with E-state index in [9.17, 15) is 5.11 Å². The Morgan fingerprint density at radius 1 is 1.35 bits per heavy atom. The quantitative estimate of drug-likeness (QED) is 0.761. The standard InChI is InChI=1S/C14H21NO2/c1-2-9-17-13-7-3-11(4-8-13)14(16)10-15-12-5-6-12/h3-4,7-8,12,14-16H,2,5-6,9-10H2,1H3. The zero-order valence-electron chi connectivity index (χ0n) is 10.4. The van der Waals surface area contributed by atoms with Crippen molar-refractivity contribution in [2.45, 2.75) is 38.3 Å². The van der Waals surface area contributed by atoms with Gasteiger partial charge < -0.3 is 15.2 Å². The maximum Gasteiger partial charge on any atom is 0.119 e. The number of hydrogen-bond acceptors (Lipinski definition) is 3. The van der Waals surface area contributed by atoms with Crippen LogP contribution in [0.3, 0.4) is 0 Å². The molecule has 1 fully saturated rings. The summed E-state index contributed by atoms with van der Waals surface area (Å²) in [4.78, 5) is 0. The lowest BCUT2D eigenvalue weighted by molar-refractivity contribution is 0.174. The zero-order chi connectivity index (χ0) is 12.1. The van der Waals surface area contributed by atoms with Crippen LogP contribution in [0, 0.1) is 0 Å². The summed E-state index contributed by atoms with van der Waals surface area (Å²) >= 11 is 0. The largest absolute Gasteiger partial charge is 0.494 e. The molecule has 0 radical (unpaired) electrons. The summed E-state index contributed by atoms with van der Waals surface area (Å²) in [6.07, 6.45) is 3.08. The van der Waals surface area contributed by atoms with E-state index in [4.69, 9.17) is 4.74 Å². The van der Waals surface area contributed by atoms with Crippen LogP contribution in [0.15, 0.2) is 24.3 Å². The molecular formula is C14H21NO2. The van der Waals surface area contributed by atoms with E-state index in [1.807, 2.05) is 24.3 Å². The van der Waals surface area contributed by atoms with E-state index in [1.54, 1.807) is 0 Å². The van der Waals surface area contributed by atoms with Gasteiger partial charge in [0.25, 0.3) is 0 Å². The lowest BCUT2D eigenvalue weighted by atomic mass is 10.1. The minimum atomic E-state index is -0.421. The molecule has 3 nitrogen and oxygen atoms in total. The van der Waals surface area contributed by atoms with Gasteiger partial charge in [0.05, 0.1) is 12.7 Å². The highest BCUT2D eigenvalue weighted by molar-refractivity contribution is 5.28. The van der Waals surface area contributed by atoms with Crippen LogP contribution >= 0.6 is 0 Å². The first-order valence-corrected chi connectivity index (χ1v) is 6.44. The molecule has 0 bridgehead atoms. The minimum Gasteiger partial charge on any atom is -0.494 e.